The maximum absolute atomic E-state index is 12.4. The van der Waals surface area contributed by atoms with Gasteiger partial charge >= 0.3 is 6.61 Å². The van der Waals surface area contributed by atoms with E-state index in [0.717, 1.165) is 12.6 Å². The number of ether oxygens (including phenoxy) is 1. The van der Waals surface area contributed by atoms with Crippen molar-refractivity contribution in [2.45, 2.75) is 26.6 Å². The van der Waals surface area contributed by atoms with Gasteiger partial charge in [0.25, 0.3) is 5.69 Å². The van der Waals surface area contributed by atoms with Crippen LogP contribution in [0, 0.1) is 16.0 Å². The second-order valence-electron chi connectivity index (χ2n) is 5.42. The Morgan fingerprint density at radius 3 is 2.88 bits per heavy atom. The van der Waals surface area contributed by atoms with Crippen LogP contribution in [0.5, 0.6) is 5.75 Å². The molecule has 9 heteroatoms. The second kappa shape index (κ2) is 8.34. The topological polar surface area (TPSA) is 82.2 Å². The van der Waals surface area contributed by atoms with Crippen LogP contribution < -0.4 is 10.1 Å². The summed E-state index contributed by atoms with van der Waals surface area (Å²) in [6, 6.07) is 3.57. The van der Waals surface area contributed by atoms with Gasteiger partial charge in [-0.2, -0.15) is 8.78 Å². The zero-order valence-corrected chi connectivity index (χ0v) is 13.1. The number of benzene rings is 1. The van der Waals surface area contributed by atoms with Gasteiger partial charge in [-0.25, -0.2) is 4.98 Å². The summed E-state index contributed by atoms with van der Waals surface area (Å²) in [6.07, 6.45) is 5.26. The minimum atomic E-state index is -2.98. The molecule has 24 heavy (non-hydrogen) atoms. The number of nitrogens with one attached hydrogen (secondary N) is 1. The van der Waals surface area contributed by atoms with Crippen molar-refractivity contribution in [1.29, 1.82) is 0 Å². The fourth-order valence-corrected chi connectivity index (χ4v) is 2.30. The molecular weight excluding hydrogens is 322 g/mol. The quantitative estimate of drug-likeness (QED) is 0.561. The van der Waals surface area contributed by atoms with Gasteiger partial charge in [-0.15, -0.1) is 0 Å². The van der Waals surface area contributed by atoms with Gasteiger partial charge in [0.1, 0.15) is 5.75 Å². The number of hydrogen-bond donors (Lipinski definition) is 1. The lowest BCUT2D eigenvalue weighted by molar-refractivity contribution is -0.385. The Balaban J connectivity index is 1.96. The molecule has 0 amide bonds. The van der Waals surface area contributed by atoms with E-state index in [0.29, 0.717) is 12.1 Å². The lowest BCUT2D eigenvalue weighted by Gasteiger charge is -2.15. The van der Waals surface area contributed by atoms with Crippen molar-refractivity contribution in [3.8, 4) is 5.75 Å². The largest absolute Gasteiger partial charge is 0.434 e. The number of halogens is 2. The SMILES string of the molecule is CC(CNCc1cc([N+](=O)[O-])ccc1OC(F)F)Cn1ccnc1. The average Bonchev–Trinajstić information content (AvgIpc) is 3.00. The monoisotopic (exact) mass is 340 g/mol. The third-order valence-corrected chi connectivity index (χ3v) is 3.36. The molecule has 130 valence electrons. The van der Waals surface area contributed by atoms with Crippen molar-refractivity contribution in [3.05, 3.63) is 52.6 Å². The lowest BCUT2D eigenvalue weighted by Crippen LogP contribution is -2.24. The Morgan fingerprint density at radius 2 is 2.25 bits per heavy atom. The molecule has 0 aliphatic carbocycles. The fourth-order valence-electron chi connectivity index (χ4n) is 2.30. The highest BCUT2D eigenvalue weighted by molar-refractivity contribution is 5.43. The summed E-state index contributed by atoms with van der Waals surface area (Å²) in [7, 11) is 0. The normalized spacial score (nSPS) is 12.3. The Bertz CT molecular complexity index is 665. The summed E-state index contributed by atoms with van der Waals surface area (Å²) in [5.41, 5.74) is 0.152. The summed E-state index contributed by atoms with van der Waals surface area (Å²) in [5.74, 6) is 0.197. The van der Waals surface area contributed by atoms with E-state index in [9.17, 15) is 18.9 Å². The van der Waals surface area contributed by atoms with Crippen LogP contribution in [-0.4, -0.2) is 27.6 Å². The van der Waals surface area contributed by atoms with Gasteiger partial charge in [0.15, 0.2) is 0 Å². The Morgan fingerprint density at radius 1 is 1.46 bits per heavy atom. The molecule has 2 aromatic rings. The molecule has 0 aliphatic rings. The van der Waals surface area contributed by atoms with Crippen molar-refractivity contribution in [3.63, 3.8) is 0 Å². The highest BCUT2D eigenvalue weighted by atomic mass is 19.3. The molecule has 1 unspecified atom stereocenters. The van der Waals surface area contributed by atoms with Crippen LogP contribution in [0.3, 0.4) is 0 Å². The van der Waals surface area contributed by atoms with Crippen LogP contribution in [0.25, 0.3) is 0 Å². The highest BCUT2D eigenvalue weighted by Gasteiger charge is 2.15. The molecule has 1 atom stereocenters. The van der Waals surface area contributed by atoms with Gasteiger partial charge in [0.05, 0.1) is 11.3 Å². The summed E-state index contributed by atoms with van der Waals surface area (Å²) < 4.78 is 31.2. The van der Waals surface area contributed by atoms with E-state index < -0.39 is 11.5 Å². The Hall–Kier alpha value is -2.55. The summed E-state index contributed by atoms with van der Waals surface area (Å²) in [4.78, 5) is 14.2. The predicted octanol–water partition coefficient (Wildman–Crippen LogP) is 2.82. The molecule has 0 spiro atoms. The lowest BCUT2D eigenvalue weighted by atomic mass is 10.1. The first-order valence-corrected chi connectivity index (χ1v) is 7.34. The molecule has 2 rings (SSSR count). The van der Waals surface area contributed by atoms with Crippen LogP contribution in [0.2, 0.25) is 0 Å². The Kier molecular flexibility index (Phi) is 6.19. The average molecular weight is 340 g/mol. The van der Waals surface area contributed by atoms with E-state index in [1.165, 1.54) is 12.1 Å². The summed E-state index contributed by atoms with van der Waals surface area (Å²) >= 11 is 0. The number of nitrogens with zero attached hydrogens (tertiary/aromatic N) is 3. The van der Waals surface area contributed by atoms with Crippen molar-refractivity contribution in [2.75, 3.05) is 6.54 Å². The smallest absolute Gasteiger partial charge is 0.387 e. The number of imidazole rings is 1. The van der Waals surface area contributed by atoms with Crippen molar-refractivity contribution >= 4 is 5.69 Å². The predicted molar refractivity (Wildman–Crippen MR) is 82.8 cm³/mol. The molecule has 1 N–H and O–H groups in total. The first kappa shape index (κ1) is 17.8. The molecule has 1 aromatic heterocycles. The summed E-state index contributed by atoms with van der Waals surface area (Å²) in [5, 5.41) is 13.9. The van der Waals surface area contributed by atoms with Gasteiger partial charge in [0, 0.05) is 43.2 Å². The van der Waals surface area contributed by atoms with E-state index >= 15 is 0 Å². The molecule has 0 aliphatic heterocycles. The van der Waals surface area contributed by atoms with Crippen LogP contribution in [0.1, 0.15) is 12.5 Å². The maximum atomic E-state index is 12.4. The van der Waals surface area contributed by atoms with Gasteiger partial charge in [-0.3, -0.25) is 10.1 Å². The third kappa shape index (κ3) is 5.27. The van der Waals surface area contributed by atoms with Crippen LogP contribution in [0.15, 0.2) is 36.9 Å². The third-order valence-electron chi connectivity index (χ3n) is 3.36. The van der Waals surface area contributed by atoms with E-state index in [2.05, 4.69) is 15.0 Å². The molecule has 1 heterocycles. The molecule has 0 bridgehead atoms. The fraction of sp³-hybridized carbons (Fsp3) is 0.400. The molecule has 1 aromatic carbocycles. The highest BCUT2D eigenvalue weighted by Crippen LogP contribution is 2.25. The molecule has 0 saturated heterocycles. The number of rotatable bonds is 9. The van der Waals surface area contributed by atoms with E-state index in [1.54, 1.807) is 12.5 Å². The van der Waals surface area contributed by atoms with Crippen molar-refractivity contribution in [2.24, 2.45) is 5.92 Å². The van der Waals surface area contributed by atoms with Crippen LogP contribution in [-0.2, 0) is 13.1 Å². The zero-order chi connectivity index (χ0) is 17.5. The number of alkyl halides is 2. The van der Waals surface area contributed by atoms with Crippen LogP contribution in [0.4, 0.5) is 14.5 Å². The second-order valence-corrected chi connectivity index (χ2v) is 5.42. The first-order valence-electron chi connectivity index (χ1n) is 7.34. The Labute approximate surface area is 137 Å². The zero-order valence-electron chi connectivity index (χ0n) is 13.1. The molecule has 0 saturated carbocycles. The minimum absolute atomic E-state index is 0.0645. The van der Waals surface area contributed by atoms with Gasteiger partial charge in [-0.1, -0.05) is 6.92 Å². The van der Waals surface area contributed by atoms with Crippen molar-refractivity contribution < 1.29 is 18.4 Å². The number of hydrogen-bond acceptors (Lipinski definition) is 5. The van der Waals surface area contributed by atoms with E-state index in [4.69, 9.17) is 0 Å². The summed E-state index contributed by atoms with van der Waals surface area (Å²) in [6.45, 7) is 0.595. The molecular formula is C15H18F2N4O3. The van der Waals surface area contributed by atoms with Crippen molar-refractivity contribution in [1.82, 2.24) is 14.9 Å². The maximum Gasteiger partial charge on any atom is 0.387 e. The molecule has 0 fully saturated rings. The standard InChI is InChI=1S/C15H18F2N4O3/c1-11(9-20-5-4-18-10-20)7-19-8-12-6-13(21(22)23)2-3-14(12)24-15(16)17/h2-6,10-11,15,19H,7-9H2,1H3. The minimum Gasteiger partial charge on any atom is -0.434 e. The van der Waals surface area contributed by atoms with Gasteiger partial charge < -0.3 is 14.6 Å². The number of aromatic nitrogens is 2. The van der Waals surface area contributed by atoms with E-state index in [1.807, 2.05) is 17.7 Å². The van der Waals surface area contributed by atoms with Gasteiger partial charge in [0.2, 0.25) is 0 Å². The number of nitro benzene ring substituents is 1. The first-order chi connectivity index (χ1) is 11.5. The van der Waals surface area contributed by atoms with Gasteiger partial charge in [-0.05, 0) is 18.5 Å². The number of non-ortho nitro benzene ring substituents is 1. The molecule has 0 radical (unpaired) electrons. The molecule has 7 nitrogen and oxygen atoms in total. The number of nitro groups is 1. The van der Waals surface area contributed by atoms with Crippen LogP contribution >= 0.6 is 0 Å². The van der Waals surface area contributed by atoms with E-state index in [-0.39, 0.29) is 23.9 Å².